The molecule has 0 saturated heterocycles. The van der Waals surface area contributed by atoms with Crippen LogP contribution in [-0.2, 0) is 4.79 Å². The van der Waals surface area contributed by atoms with Crippen LogP contribution in [0.4, 0.5) is 4.79 Å². The molecule has 0 bridgehead atoms. The molecule has 2 heterocycles. The number of aromatic nitrogens is 4. The van der Waals surface area contributed by atoms with Crippen LogP contribution in [0.1, 0.15) is 32.7 Å². The van der Waals surface area contributed by atoms with Crippen LogP contribution < -0.4 is 11.1 Å². The van der Waals surface area contributed by atoms with E-state index in [2.05, 4.69) is 31.1 Å². The normalized spacial score (nSPS) is 15.1. The van der Waals surface area contributed by atoms with Gasteiger partial charge in [0.2, 0.25) is 5.91 Å². The van der Waals surface area contributed by atoms with E-state index in [-0.39, 0.29) is 5.92 Å². The number of imide groups is 1. The number of nitrogens with two attached hydrogens (primary N) is 1. The Bertz CT molecular complexity index is 1040. The van der Waals surface area contributed by atoms with Crippen molar-refractivity contribution in [3.05, 3.63) is 30.5 Å². The Kier molecular flexibility index (Phi) is 4.84. The van der Waals surface area contributed by atoms with Gasteiger partial charge in [-0.1, -0.05) is 43.8 Å². The van der Waals surface area contributed by atoms with Gasteiger partial charge < -0.3 is 10.7 Å². The second-order valence-corrected chi connectivity index (χ2v) is 8.40. The summed E-state index contributed by atoms with van der Waals surface area (Å²) in [5.74, 6) is 0.372. The molecule has 3 amide bonds. The first kappa shape index (κ1) is 18.5. The van der Waals surface area contributed by atoms with Crippen LogP contribution in [0.2, 0.25) is 0 Å². The number of carbonyl (C=O) groups is 2. The van der Waals surface area contributed by atoms with Crippen molar-refractivity contribution in [2.24, 2.45) is 11.7 Å². The van der Waals surface area contributed by atoms with E-state index in [4.69, 9.17) is 5.73 Å². The molecule has 1 aromatic carbocycles. The predicted octanol–water partition coefficient (Wildman–Crippen LogP) is 3.07. The average Bonchev–Trinajstić information content (AvgIpc) is 3.25. The lowest BCUT2D eigenvalue weighted by Crippen LogP contribution is -2.42. The summed E-state index contributed by atoms with van der Waals surface area (Å²) in [7, 11) is 0. The van der Waals surface area contributed by atoms with Crippen LogP contribution >= 0.6 is 11.8 Å². The monoisotopic (exact) mass is 398 g/mol. The molecule has 1 saturated carbocycles. The lowest BCUT2D eigenvalue weighted by molar-refractivity contribution is -0.120. The third kappa shape index (κ3) is 3.49. The summed E-state index contributed by atoms with van der Waals surface area (Å²) in [6.45, 7) is 3.85. The highest BCUT2D eigenvalue weighted by Gasteiger charge is 2.34. The summed E-state index contributed by atoms with van der Waals surface area (Å²) >= 11 is 1.32. The maximum Gasteiger partial charge on any atom is 0.318 e. The van der Waals surface area contributed by atoms with Crippen molar-refractivity contribution in [2.75, 3.05) is 0 Å². The van der Waals surface area contributed by atoms with E-state index >= 15 is 0 Å². The number of primary amides is 1. The SMILES string of the molecule is CC(C)[C@@H](Sc1nnc(-c2c[nH]c3ccccc23)n1C1CC1)C(=O)NC(N)=O. The minimum atomic E-state index is -0.848. The molecule has 1 fully saturated rings. The fourth-order valence-electron chi connectivity index (χ4n) is 3.26. The number of thioether (sulfide) groups is 1. The molecule has 1 aliphatic rings. The second-order valence-electron chi connectivity index (χ2n) is 7.29. The standard InChI is InChI=1S/C19H22N6O2S/c1-10(2)15(17(26)22-18(20)27)28-19-24-23-16(25(19)11-7-8-11)13-9-21-14-6-4-3-5-12(13)14/h3-6,9-11,15,21H,7-8H2,1-2H3,(H3,20,22,26,27)/t15-/m1/s1. The molecule has 4 N–H and O–H groups in total. The summed E-state index contributed by atoms with van der Waals surface area (Å²) in [5, 5.41) is 12.3. The molecule has 146 valence electrons. The van der Waals surface area contributed by atoms with E-state index in [9.17, 15) is 9.59 Å². The van der Waals surface area contributed by atoms with Crippen molar-refractivity contribution >= 4 is 34.6 Å². The molecule has 0 aliphatic heterocycles. The van der Waals surface area contributed by atoms with Crippen molar-refractivity contribution < 1.29 is 9.59 Å². The zero-order valence-electron chi connectivity index (χ0n) is 15.7. The first-order valence-electron chi connectivity index (χ1n) is 9.24. The number of fused-ring (bicyclic) bond motifs is 1. The number of para-hydroxylation sites is 1. The van der Waals surface area contributed by atoms with E-state index in [0.29, 0.717) is 11.2 Å². The number of amides is 3. The summed E-state index contributed by atoms with van der Waals surface area (Å²) in [5.41, 5.74) is 7.15. The zero-order chi connectivity index (χ0) is 19.8. The molecule has 9 heteroatoms. The van der Waals surface area contributed by atoms with Crippen molar-refractivity contribution in [2.45, 2.75) is 43.1 Å². The number of benzene rings is 1. The molecule has 2 aromatic heterocycles. The molecule has 0 unspecified atom stereocenters. The third-order valence-electron chi connectivity index (χ3n) is 4.75. The number of hydrogen-bond donors (Lipinski definition) is 3. The number of nitrogens with one attached hydrogen (secondary N) is 2. The molecule has 1 aliphatic carbocycles. The van der Waals surface area contributed by atoms with Gasteiger partial charge in [0, 0.05) is 28.7 Å². The van der Waals surface area contributed by atoms with Crippen LogP contribution in [-0.4, -0.2) is 36.9 Å². The Morgan fingerprint density at radius 1 is 1.29 bits per heavy atom. The van der Waals surface area contributed by atoms with Gasteiger partial charge in [-0.15, -0.1) is 10.2 Å². The second kappa shape index (κ2) is 7.31. The molecule has 0 radical (unpaired) electrons. The summed E-state index contributed by atoms with van der Waals surface area (Å²) in [6, 6.07) is 7.54. The first-order chi connectivity index (χ1) is 13.5. The van der Waals surface area contributed by atoms with Crippen molar-refractivity contribution in [1.82, 2.24) is 25.1 Å². The van der Waals surface area contributed by atoms with Crippen LogP contribution in [0.25, 0.3) is 22.3 Å². The highest BCUT2D eigenvalue weighted by molar-refractivity contribution is 8.00. The highest BCUT2D eigenvalue weighted by atomic mass is 32.2. The van der Waals surface area contributed by atoms with Gasteiger partial charge in [-0.2, -0.15) is 0 Å². The number of rotatable bonds is 6. The van der Waals surface area contributed by atoms with Gasteiger partial charge in [-0.25, -0.2) is 4.79 Å². The molecular weight excluding hydrogens is 376 g/mol. The van der Waals surface area contributed by atoms with Crippen molar-refractivity contribution in [3.8, 4) is 11.4 Å². The number of urea groups is 1. The highest BCUT2D eigenvalue weighted by Crippen LogP contribution is 2.43. The molecule has 4 rings (SSSR count). The Morgan fingerprint density at radius 2 is 2.04 bits per heavy atom. The maximum atomic E-state index is 12.4. The largest absolute Gasteiger partial charge is 0.360 e. The fraction of sp³-hybridized carbons (Fsp3) is 0.368. The van der Waals surface area contributed by atoms with E-state index in [1.807, 2.05) is 38.2 Å². The maximum absolute atomic E-state index is 12.4. The lowest BCUT2D eigenvalue weighted by Gasteiger charge is -2.19. The number of carbonyl (C=O) groups excluding carboxylic acids is 2. The molecule has 3 aromatic rings. The van der Waals surface area contributed by atoms with Gasteiger partial charge >= 0.3 is 6.03 Å². The Hall–Kier alpha value is -2.81. The number of H-pyrrole nitrogens is 1. The number of hydrogen-bond acceptors (Lipinski definition) is 5. The molecular formula is C19H22N6O2S. The number of nitrogens with zero attached hydrogens (tertiary/aromatic N) is 3. The van der Waals surface area contributed by atoms with Crippen LogP contribution in [0.5, 0.6) is 0 Å². The van der Waals surface area contributed by atoms with Crippen LogP contribution in [0, 0.1) is 5.92 Å². The van der Waals surface area contributed by atoms with Gasteiger partial charge in [0.25, 0.3) is 0 Å². The molecule has 0 spiro atoms. The molecule has 8 nitrogen and oxygen atoms in total. The van der Waals surface area contributed by atoms with Crippen LogP contribution in [0.15, 0.2) is 35.6 Å². The van der Waals surface area contributed by atoms with Gasteiger partial charge in [-0.3, -0.25) is 14.7 Å². The summed E-state index contributed by atoms with van der Waals surface area (Å²) < 4.78 is 2.12. The number of aromatic amines is 1. The lowest BCUT2D eigenvalue weighted by atomic mass is 10.1. The smallest absolute Gasteiger partial charge is 0.318 e. The molecule has 28 heavy (non-hydrogen) atoms. The summed E-state index contributed by atoms with van der Waals surface area (Å²) in [4.78, 5) is 26.8. The average molecular weight is 398 g/mol. The quantitative estimate of drug-likeness (QED) is 0.551. The van der Waals surface area contributed by atoms with Crippen molar-refractivity contribution in [1.29, 1.82) is 0 Å². The Labute approximate surface area is 166 Å². The minimum absolute atomic E-state index is 0.00904. The Morgan fingerprint density at radius 3 is 2.71 bits per heavy atom. The predicted molar refractivity (Wildman–Crippen MR) is 108 cm³/mol. The Balaban J connectivity index is 1.71. The summed E-state index contributed by atoms with van der Waals surface area (Å²) in [6.07, 6.45) is 4.06. The van der Waals surface area contributed by atoms with Crippen molar-refractivity contribution in [3.63, 3.8) is 0 Å². The first-order valence-corrected chi connectivity index (χ1v) is 10.1. The zero-order valence-corrected chi connectivity index (χ0v) is 16.5. The molecule has 1 atom stereocenters. The van der Waals surface area contributed by atoms with E-state index in [0.717, 1.165) is 35.1 Å². The third-order valence-corrected chi connectivity index (χ3v) is 6.25. The topological polar surface area (TPSA) is 119 Å². The van der Waals surface area contributed by atoms with E-state index in [1.54, 1.807) is 0 Å². The van der Waals surface area contributed by atoms with Gasteiger partial charge in [-0.05, 0) is 24.8 Å². The van der Waals surface area contributed by atoms with E-state index < -0.39 is 17.2 Å². The van der Waals surface area contributed by atoms with Crippen LogP contribution in [0.3, 0.4) is 0 Å². The van der Waals surface area contributed by atoms with Gasteiger partial charge in [0.05, 0.1) is 5.25 Å². The fourth-order valence-corrected chi connectivity index (χ4v) is 4.36. The van der Waals surface area contributed by atoms with Gasteiger partial charge in [0.1, 0.15) is 0 Å². The minimum Gasteiger partial charge on any atom is -0.360 e. The van der Waals surface area contributed by atoms with Gasteiger partial charge in [0.15, 0.2) is 11.0 Å². The van der Waals surface area contributed by atoms with E-state index in [1.165, 1.54) is 11.8 Å².